The summed E-state index contributed by atoms with van der Waals surface area (Å²) in [6, 6.07) is 9.24. The Morgan fingerprint density at radius 3 is 2.72 bits per heavy atom. The van der Waals surface area contributed by atoms with Gasteiger partial charge >= 0.3 is 0 Å². The maximum absolute atomic E-state index is 12.3. The Bertz CT molecular complexity index is 847. The average Bonchev–Trinajstić information content (AvgIpc) is 3.07. The van der Waals surface area contributed by atoms with Crippen LogP contribution in [0.2, 0.25) is 0 Å². The number of para-hydroxylation sites is 1. The molecule has 0 saturated carbocycles. The lowest BCUT2D eigenvalue weighted by atomic mass is 10.2. The number of carbonyl (C=O) groups excluding carboxylic acids is 1. The molecule has 0 bridgehead atoms. The topological polar surface area (TPSA) is 81.9 Å². The monoisotopic (exact) mass is 337 g/mol. The van der Waals surface area contributed by atoms with E-state index in [1.165, 1.54) is 0 Å². The van der Waals surface area contributed by atoms with Gasteiger partial charge in [0.05, 0.1) is 24.1 Å². The minimum absolute atomic E-state index is 0.216. The van der Waals surface area contributed by atoms with Crippen molar-refractivity contribution in [1.82, 2.24) is 25.1 Å². The zero-order valence-corrected chi connectivity index (χ0v) is 14.1. The molecule has 0 unspecified atom stereocenters. The zero-order valence-electron chi connectivity index (χ0n) is 14.1. The van der Waals surface area contributed by atoms with Crippen LogP contribution in [0.3, 0.4) is 0 Å². The molecule has 1 atom stereocenters. The maximum Gasteiger partial charge on any atom is 0.261 e. The van der Waals surface area contributed by atoms with Gasteiger partial charge in [-0.05, 0) is 19.1 Å². The highest BCUT2D eigenvalue weighted by Crippen LogP contribution is 2.18. The second kappa shape index (κ2) is 7.57. The average molecular weight is 337 g/mol. The summed E-state index contributed by atoms with van der Waals surface area (Å²) in [4.78, 5) is 21.0. The van der Waals surface area contributed by atoms with E-state index in [9.17, 15) is 4.79 Å². The van der Waals surface area contributed by atoms with Crippen LogP contribution in [0.5, 0.6) is 5.75 Å². The first-order valence-electron chi connectivity index (χ1n) is 7.92. The van der Waals surface area contributed by atoms with Gasteiger partial charge in [0.2, 0.25) is 0 Å². The quantitative estimate of drug-likeness (QED) is 0.743. The van der Waals surface area contributed by atoms with E-state index >= 15 is 0 Å². The Labute approximate surface area is 145 Å². The molecule has 0 radical (unpaired) electrons. The summed E-state index contributed by atoms with van der Waals surface area (Å²) in [5.41, 5.74) is 2.23. The molecule has 0 aliphatic rings. The van der Waals surface area contributed by atoms with E-state index in [0.717, 1.165) is 5.56 Å². The number of nitrogens with zero attached hydrogens (tertiary/aromatic N) is 4. The van der Waals surface area contributed by atoms with Crippen molar-refractivity contribution in [2.24, 2.45) is 7.05 Å². The Balaban J connectivity index is 1.64. The van der Waals surface area contributed by atoms with E-state index in [1.54, 1.807) is 30.2 Å². The van der Waals surface area contributed by atoms with Gasteiger partial charge in [-0.1, -0.05) is 18.2 Å². The molecule has 1 N–H and O–H groups in total. The van der Waals surface area contributed by atoms with Gasteiger partial charge in [-0.15, -0.1) is 0 Å². The molecule has 25 heavy (non-hydrogen) atoms. The van der Waals surface area contributed by atoms with Gasteiger partial charge in [0, 0.05) is 31.2 Å². The molecule has 3 rings (SSSR count). The number of aryl methyl sites for hydroxylation is 1. The number of amides is 1. The summed E-state index contributed by atoms with van der Waals surface area (Å²) >= 11 is 0. The van der Waals surface area contributed by atoms with Crippen molar-refractivity contribution < 1.29 is 9.53 Å². The van der Waals surface area contributed by atoms with Crippen LogP contribution < -0.4 is 10.1 Å². The van der Waals surface area contributed by atoms with Crippen molar-refractivity contribution in [1.29, 1.82) is 0 Å². The Kier molecular flexibility index (Phi) is 5.03. The van der Waals surface area contributed by atoms with Crippen LogP contribution in [-0.4, -0.2) is 31.8 Å². The van der Waals surface area contributed by atoms with Crippen LogP contribution in [0.25, 0.3) is 11.3 Å². The van der Waals surface area contributed by atoms with E-state index in [-0.39, 0.29) is 12.5 Å². The molecular weight excluding hydrogens is 318 g/mol. The molecule has 0 saturated heterocycles. The van der Waals surface area contributed by atoms with E-state index in [0.29, 0.717) is 17.1 Å². The predicted molar refractivity (Wildman–Crippen MR) is 92.6 cm³/mol. The molecule has 2 aromatic heterocycles. The summed E-state index contributed by atoms with van der Waals surface area (Å²) in [5.74, 6) is 0.437. The first-order chi connectivity index (χ1) is 12.1. The number of hydrogen-bond donors (Lipinski definition) is 1. The fraction of sp³-hybridized carbons (Fsp3) is 0.222. The first kappa shape index (κ1) is 16.6. The van der Waals surface area contributed by atoms with Crippen LogP contribution in [0, 0.1) is 0 Å². The fourth-order valence-electron chi connectivity index (χ4n) is 2.35. The number of hydrogen-bond acceptors (Lipinski definition) is 5. The number of rotatable bonds is 6. The van der Waals surface area contributed by atoms with Gasteiger partial charge in [-0.2, -0.15) is 5.10 Å². The first-order valence-corrected chi connectivity index (χ1v) is 7.92. The van der Waals surface area contributed by atoms with Crippen molar-refractivity contribution >= 4 is 5.91 Å². The number of nitrogens with one attached hydrogen (secondary N) is 1. The molecule has 128 valence electrons. The predicted octanol–water partition coefficient (Wildman–Crippen LogP) is 1.96. The number of ether oxygens (including phenoxy) is 1. The third-order valence-electron chi connectivity index (χ3n) is 3.61. The van der Waals surface area contributed by atoms with Crippen LogP contribution in [0.15, 0.2) is 55.1 Å². The van der Waals surface area contributed by atoms with Gasteiger partial charge in [0.1, 0.15) is 5.75 Å². The maximum atomic E-state index is 12.3. The lowest BCUT2D eigenvalue weighted by Crippen LogP contribution is -2.36. The van der Waals surface area contributed by atoms with Gasteiger partial charge in [-0.3, -0.25) is 19.4 Å². The van der Waals surface area contributed by atoms with Gasteiger partial charge in [0.25, 0.3) is 5.91 Å². The minimum atomic E-state index is -0.610. The summed E-state index contributed by atoms with van der Waals surface area (Å²) in [6.07, 6.45) is 6.19. The van der Waals surface area contributed by atoms with Crippen LogP contribution in [0.1, 0.15) is 12.6 Å². The minimum Gasteiger partial charge on any atom is -0.481 e. The summed E-state index contributed by atoms with van der Waals surface area (Å²) in [5, 5.41) is 6.99. The van der Waals surface area contributed by atoms with E-state index in [2.05, 4.69) is 20.4 Å². The molecule has 7 heteroatoms. The summed E-state index contributed by atoms with van der Waals surface area (Å²) < 4.78 is 7.32. The third-order valence-corrected chi connectivity index (χ3v) is 3.61. The second-order valence-electron chi connectivity index (χ2n) is 5.55. The van der Waals surface area contributed by atoms with Gasteiger partial charge in [-0.25, -0.2) is 0 Å². The third kappa shape index (κ3) is 4.20. The molecule has 3 aromatic rings. The summed E-state index contributed by atoms with van der Waals surface area (Å²) in [6.45, 7) is 1.97. The van der Waals surface area contributed by atoms with Crippen molar-refractivity contribution in [3.05, 3.63) is 60.8 Å². The van der Waals surface area contributed by atoms with Crippen LogP contribution in [-0.2, 0) is 18.4 Å². The van der Waals surface area contributed by atoms with Gasteiger partial charge in [0.15, 0.2) is 6.10 Å². The molecule has 7 nitrogen and oxygen atoms in total. The number of carbonyl (C=O) groups is 1. The number of benzene rings is 1. The Morgan fingerprint density at radius 1 is 1.24 bits per heavy atom. The summed E-state index contributed by atoms with van der Waals surface area (Å²) in [7, 11) is 1.84. The smallest absolute Gasteiger partial charge is 0.261 e. The van der Waals surface area contributed by atoms with Crippen LogP contribution >= 0.6 is 0 Å². The van der Waals surface area contributed by atoms with Crippen molar-refractivity contribution in [3.63, 3.8) is 0 Å². The van der Waals surface area contributed by atoms with E-state index in [1.807, 2.05) is 43.6 Å². The standard InChI is InChI=1S/C18H19N5O2/c1-13(25-15-6-4-3-5-7-15)18(24)21-11-16-17(20-9-8-19-16)14-10-22-23(2)12-14/h3-10,12-13H,11H2,1-2H3,(H,21,24)/t13-/m1/s1. The van der Waals surface area contributed by atoms with Crippen LogP contribution in [0.4, 0.5) is 0 Å². The molecule has 0 aliphatic heterocycles. The fourth-order valence-corrected chi connectivity index (χ4v) is 2.35. The van der Waals surface area contributed by atoms with Crippen molar-refractivity contribution in [2.45, 2.75) is 19.6 Å². The number of aromatic nitrogens is 4. The lowest BCUT2D eigenvalue weighted by molar-refractivity contribution is -0.127. The molecular formula is C18H19N5O2. The molecule has 1 amide bonds. The largest absolute Gasteiger partial charge is 0.481 e. The molecule has 0 aliphatic carbocycles. The Morgan fingerprint density at radius 2 is 2.00 bits per heavy atom. The SMILES string of the molecule is C[C@@H](Oc1ccccc1)C(=O)NCc1nccnc1-c1cnn(C)c1. The second-order valence-corrected chi connectivity index (χ2v) is 5.55. The zero-order chi connectivity index (χ0) is 17.6. The molecule has 2 heterocycles. The highest BCUT2D eigenvalue weighted by atomic mass is 16.5. The molecule has 1 aromatic carbocycles. The normalized spacial score (nSPS) is 11.8. The van der Waals surface area contributed by atoms with Crippen molar-refractivity contribution in [3.8, 4) is 17.0 Å². The van der Waals surface area contributed by atoms with Gasteiger partial charge < -0.3 is 10.1 Å². The molecule has 0 fully saturated rings. The van der Waals surface area contributed by atoms with E-state index in [4.69, 9.17) is 4.74 Å². The lowest BCUT2D eigenvalue weighted by Gasteiger charge is -2.15. The van der Waals surface area contributed by atoms with Crippen molar-refractivity contribution in [2.75, 3.05) is 0 Å². The Hall–Kier alpha value is -3.22. The highest BCUT2D eigenvalue weighted by Gasteiger charge is 2.16. The van der Waals surface area contributed by atoms with E-state index < -0.39 is 6.10 Å². The highest BCUT2D eigenvalue weighted by molar-refractivity contribution is 5.80. The molecule has 0 spiro atoms.